The molecule has 0 heterocycles. The van der Waals surface area contributed by atoms with Crippen LogP contribution in [-0.2, 0) is 0 Å². The topological polar surface area (TPSA) is 60.7 Å². The van der Waals surface area contributed by atoms with Gasteiger partial charge in [0, 0.05) is 5.56 Å². The highest BCUT2D eigenvalue weighted by Gasteiger charge is 2.11. The SMILES string of the molecule is Cc1c(O)ccc(-c2cc(O)ccc2O)c1C. The van der Waals surface area contributed by atoms with Gasteiger partial charge in [-0.2, -0.15) is 0 Å². The molecule has 2 aromatic carbocycles. The largest absolute Gasteiger partial charge is 0.508 e. The third kappa shape index (κ3) is 1.91. The molecule has 3 heteroatoms. The Labute approximate surface area is 99.6 Å². The molecule has 0 spiro atoms. The van der Waals surface area contributed by atoms with Crippen LogP contribution in [0.3, 0.4) is 0 Å². The number of hydrogen-bond acceptors (Lipinski definition) is 3. The van der Waals surface area contributed by atoms with E-state index >= 15 is 0 Å². The number of aromatic hydroxyl groups is 3. The highest BCUT2D eigenvalue weighted by Crippen LogP contribution is 2.36. The lowest BCUT2D eigenvalue weighted by molar-refractivity contribution is 0.461. The quantitative estimate of drug-likeness (QED) is 0.660. The molecule has 0 atom stereocenters. The molecule has 3 nitrogen and oxygen atoms in total. The van der Waals surface area contributed by atoms with E-state index < -0.39 is 0 Å². The summed E-state index contributed by atoms with van der Waals surface area (Å²) in [6.45, 7) is 3.68. The molecular formula is C14H14O3. The number of benzene rings is 2. The van der Waals surface area contributed by atoms with Crippen molar-refractivity contribution in [3.63, 3.8) is 0 Å². The second-order valence-corrected chi connectivity index (χ2v) is 4.08. The van der Waals surface area contributed by atoms with Crippen molar-refractivity contribution >= 4 is 0 Å². The van der Waals surface area contributed by atoms with Crippen LogP contribution >= 0.6 is 0 Å². The second-order valence-electron chi connectivity index (χ2n) is 4.08. The average molecular weight is 230 g/mol. The van der Waals surface area contributed by atoms with Crippen molar-refractivity contribution in [3.8, 4) is 28.4 Å². The molecular weight excluding hydrogens is 216 g/mol. The molecule has 0 bridgehead atoms. The van der Waals surface area contributed by atoms with E-state index in [1.165, 1.54) is 18.2 Å². The van der Waals surface area contributed by atoms with E-state index in [-0.39, 0.29) is 17.2 Å². The summed E-state index contributed by atoms with van der Waals surface area (Å²) in [7, 11) is 0. The lowest BCUT2D eigenvalue weighted by Crippen LogP contribution is -1.88. The smallest absolute Gasteiger partial charge is 0.123 e. The van der Waals surface area contributed by atoms with Gasteiger partial charge in [-0.05, 0) is 54.8 Å². The van der Waals surface area contributed by atoms with Crippen LogP contribution in [-0.4, -0.2) is 15.3 Å². The fourth-order valence-corrected chi connectivity index (χ4v) is 1.84. The van der Waals surface area contributed by atoms with Gasteiger partial charge in [-0.1, -0.05) is 6.07 Å². The van der Waals surface area contributed by atoms with Crippen LogP contribution in [0.15, 0.2) is 30.3 Å². The van der Waals surface area contributed by atoms with Crippen molar-refractivity contribution < 1.29 is 15.3 Å². The van der Waals surface area contributed by atoms with E-state index in [9.17, 15) is 15.3 Å². The maximum absolute atomic E-state index is 9.80. The van der Waals surface area contributed by atoms with Crippen molar-refractivity contribution in [2.75, 3.05) is 0 Å². The fraction of sp³-hybridized carbons (Fsp3) is 0.143. The summed E-state index contributed by atoms with van der Waals surface area (Å²) in [6.07, 6.45) is 0. The minimum absolute atomic E-state index is 0.0999. The average Bonchev–Trinajstić information content (AvgIpc) is 2.30. The van der Waals surface area contributed by atoms with Crippen LogP contribution in [0.5, 0.6) is 17.2 Å². The highest BCUT2D eigenvalue weighted by atomic mass is 16.3. The summed E-state index contributed by atoms with van der Waals surface area (Å²) < 4.78 is 0. The van der Waals surface area contributed by atoms with Crippen molar-refractivity contribution in [1.29, 1.82) is 0 Å². The van der Waals surface area contributed by atoms with Gasteiger partial charge in [0.1, 0.15) is 17.2 Å². The summed E-state index contributed by atoms with van der Waals surface area (Å²) in [5, 5.41) is 28.8. The van der Waals surface area contributed by atoms with Gasteiger partial charge < -0.3 is 15.3 Å². The van der Waals surface area contributed by atoms with Crippen LogP contribution in [0.1, 0.15) is 11.1 Å². The first-order valence-electron chi connectivity index (χ1n) is 5.32. The molecule has 0 amide bonds. The summed E-state index contributed by atoms with van der Waals surface area (Å²) >= 11 is 0. The van der Waals surface area contributed by atoms with Gasteiger partial charge in [-0.15, -0.1) is 0 Å². The Bertz CT molecular complexity index is 574. The van der Waals surface area contributed by atoms with E-state index in [1.807, 2.05) is 13.8 Å². The Kier molecular flexibility index (Phi) is 2.68. The van der Waals surface area contributed by atoms with Crippen molar-refractivity contribution in [1.82, 2.24) is 0 Å². The van der Waals surface area contributed by atoms with Crippen LogP contribution in [0.4, 0.5) is 0 Å². The molecule has 0 radical (unpaired) electrons. The maximum Gasteiger partial charge on any atom is 0.123 e. The number of rotatable bonds is 1. The lowest BCUT2D eigenvalue weighted by atomic mass is 9.95. The number of hydrogen-bond donors (Lipinski definition) is 3. The lowest BCUT2D eigenvalue weighted by Gasteiger charge is -2.12. The highest BCUT2D eigenvalue weighted by molar-refractivity contribution is 5.76. The Morgan fingerprint density at radius 2 is 1.35 bits per heavy atom. The number of phenolic OH excluding ortho intramolecular Hbond substituents is 3. The molecule has 3 N–H and O–H groups in total. The predicted octanol–water partition coefficient (Wildman–Crippen LogP) is 3.09. The molecule has 17 heavy (non-hydrogen) atoms. The van der Waals surface area contributed by atoms with E-state index in [0.717, 1.165) is 16.7 Å². The molecule has 0 aliphatic rings. The monoisotopic (exact) mass is 230 g/mol. The number of phenols is 3. The molecule has 0 saturated carbocycles. The summed E-state index contributed by atoms with van der Waals surface area (Å²) in [5.41, 5.74) is 3.01. The van der Waals surface area contributed by atoms with Gasteiger partial charge in [-0.25, -0.2) is 0 Å². The molecule has 0 fully saturated rings. The van der Waals surface area contributed by atoms with E-state index in [2.05, 4.69) is 0 Å². The van der Waals surface area contributed by atoms with Crippen LogP contribution in [0, 0.1) is 13.8 Å². The first-order chi connectivity index (χ1) is 8.00. The Balaban J connectivity index is 2.69. The molecule has 0 unspecified atom stereocenters. The minimum Gasteiger partial charge on any atom is -0.508 e. The van der Waals surface area contributed by atoms with Gasteiger partial charge in [0.05, 0.1) is 0 Å². The third-order valence-corrected chi connectivity index (χ3v) is 3.03. The van der Waals surface area contributed by atoms with E-state index in [1.54, 1.807) is 12.1 Å². The third-order valence-electron chi connectivity index (χ3n) is 3.03. The Hall–Kier alpha value is -2.16. The molecule has 0 aromatic heterocycles. The van der Waals surface area contributed by atoms with E-state index in [4.69, 9.17) is 0 Å². The summed E-state index contributed by atoms with van der Waals surface area (Å²) in [6, 6.07) is 7.70. The van der Waals surface area contributed by atoms with Crippen molar-refractivity contribution in [2.45, 2.75) is 13.8 Å². The molecule has 0 aliphatic heterocycles. The van der Waals surface area contributed by atoms with E-state index in [0.29, 0.717) is 5.56 Å². The van der Waals surface area contributed by atoms with Crippen LogP contribution in [0.25, 0.3) is 11.1 Å². The molecule has 0 saturated heterocycles. The van der Waals surface area contributed by atoms with Gasteiger partial charge in [-0.3, -0.25) is 0 Å². The predicted molar refractivity (Wildman–Crippen MR) is 66.3 cm³/mol. The van der Waals surface area contributed by atoms with Gasteiger partial charge >= 0.3 is 0 Å². The van der Waals surface area contributed by atoms with Gasteiger partial charge in [0.15, 0.2) is 0 Å². The summed E-state index contributed by atoms with van der Waals surface area (Å²) in [4.78, 5) is 0. The molecule has 88 valence electrons. The zero-order valence-corrected chi connectivity index (χ0v) is 9.73. The van der Waals surface area contributed by atoms with Crippen LogP contribution < -0.4 is 0 Å². The summed E-state index contributed by atoms with van der Waals surface area (Å²) in [5.74, 6) is 0.435. The second kappa shape index (κ2) is 4.01. The van der Waals surface area contributed by atoms with Gasteiger partial charge in [0.25, 0.3) is 0 Å². The Morgan fingerprint density at radius 1 is 0.706 bits per heavy atom. The zero-order chi connectivity index (χ0) is 12.6. The zero-order valence-electron chi connectivity index (χ0n) is 9.73. The molecule has 0 aliphatic carbocycles. The normalized spacial score (nSPS) is 10.5. The molecule has 2 rings (SSSR count). The van der Waals surface area contributed by atoms with Crippen molar-refractivity contribution in [3.05, 3.63) is 41.5 Å². The Morgan fingerprint density at radius 3 is 2.06 bits per heavy atom. The first kappa shape index (κ1) is 11.3. The first-order valence-corrected chi connectivity index (χ1v) is 5.32. The fourth-order valence-electron chi connectivity index (χ4n) is 1.84. The maximum atomic E-state index is 9.80. The van der Waals surface area contributed by atoms with Gasteiger partial charge in [0.2, 0.25) is 0 Å². The van der Waals surface area contributed by atoms with Crippen LogP contribution in [0.2, 0.25) is 0 Å². The minimum atomic E-state index is 0.0999. The molecule has 2 aromatic rings. The van der Waals surface area contributed by atoms with Crippen molar-refractivity contribution in [2.24, 2.45) is 0 Å². The standard InChI is InChI=1S/C14H14O3/c1-8-9(2)13(16)6-4-11(8)12-7-10(15)3-5-14(12)17/h3-7,15-17H,1-2H3.